The Hall–Kier alpha value is -3.04. The van der Waals surface area contributed by atoms with E-state index in [1.807, 2.05) is 0 Å². The molecule has 2 heterocycles. The lowest BCUT2D eigenvalue weighted by Gasteiger charge is -2.27. The van der Waals surface area contributed by atoms with Crippen LogP contribution in [0, 0.1) is 11.6 Å². The Bertz CT molecular complexity index is 891. The molecule has 0 atom stereocenters. The van der Waals surface area contributed by atoms with Gasteiger partial charge in [0.05, 0.1) is 11.1 Å². The zero-order chi connectivity index (χ0) is 18.9. The molecule has 0 saturated carbocycles. The molecule has 0 aliphatic carbocycles. The Morgan fingerprint density at radius 3 is 2.19 bits per heavy atom. The molecule has 6 nitrogen and oxygen atoms in total. The van der Waals surface area contributed by atoms with Crippen LogP contribution in [-0.4, -0.2) is 20.2 Å². The lowest BCUT2D eigenvalue weighted by atomic mass is 9.93. The Kier molecular flexibility index (Phi) is 4.58. The van der Waals surface area contributed by atoms with Crippen LogP contribution in [0.1, 0.15) is 31.7 Å². The van der Waals surface area contributed by atoms with Crippen molar-refractivity contribution < 1.29 is 22.0 Å². The van der Waals surface area contributed by atoms with Gasteiger partial charge in [0.25, 0.3) is 11.8 Å². The average molecular weight is 367 g/mol. The Morgan fingerprint density at radius 1 is 1.04 bits per heavy atom. The summed E-state index contributed by atoms with van der Waals surface area (Å²) in [4.78, 5) is 7.99. The standard InChI is InChI=1S/C16H13F4N5O/c1-16(2,11-9(17)4-3-5-10(11)18)23-15-21-6-8(7-22-15)13-24-25-14(26-13)12(19)20/h3-7,12H,1-2H3,(H,21,22,23). The van der Waals surface area contributed by atoms with Crippen molar-refractivity contribution in [2.24, 2.45) is 0 Å². The second-order valence-electron chi connectivity index (χ2n) is 5.89. The molecule has 136 valence electrons. The first kappa shape index (κ1) is 17.8. The molecule has 1 N–H and O–H groups in total. The maximum absolute atomic E-state index is 14.0. The smallest absolute Gasteiger partial charge is 0.314 e. The van der Waals surface area contributed by atoms with Gasteiger partial charge in [-0.15, -0.1) is 10.2 Å². The van der Waals surface area contributed by atoms with Crippen molar-refractivity contribution in [3.05, 3.63) is 53.7 Å². The van der Waals surface area contributed by atoms with Crippen LogP contribution in [0.5, 0.6) is 0 Å². The summed E-state index contributed by atoms with van der Waals surface area (Å²) < 4.78 is 57.7. The van der Waals surface area contributed by atoms with Crippen LogP contribution in [-0.2, 0) is 5.54 Å². The van der Waals surface area contributed by atoms with Gasteiger partial charge in [-0.1, -0.05) is 6.07 Å². The van der Waals surface area contributed by atoms with Crippen molar-refractivity contribution in [1.29, 1.82) is 0 Å². The molecule has 2 aromatic heterocycles. The molecule has 0 fully saturated rings. The normalized spacial score (nSPS) is 11.8. The number of hydrogen-bond donors (Lipinski definition) is 1. The first-order chi connectivity index (χ1) is 12.3. The number of rotatable bonds is 5. The van der Waals surface area contributed by atoms with Crippen LogP contribution in [0.2, 0.25) is 0 Å². The topological polar surface area (TPSA) is 76.7 Å². The van der Waals surface area contributed by atoms with E-state index in [9.17, 15) is 17.6 Å². The number of benzene rings is 1. The fraction of sp³-hybridized carbons (Fsp3) is 0.250. The highest BCUT2D eigenvalue weighted by atomic mass is 19.3. The zero-order valence-corrected chi connectivity index (χ0v) is 13.7. The maximum Gasteiger partial charge on any atom is 0.314 e. The number of alkyl halides is 2. The molecule has 1 aromatic carbocycles. The van der Waals surface area contributed by atoms with E-state index in [4.69, 9.17) is 4.42 Å². The highest BCUT2D eigenvalue weighted by Gasteiger charge is 2.28. The lowest BCUT2D eigenvalue weighted by molar-refractivity contribution is 0.116. The molecule has 0 radical (unpaired) electrons. The monoisotopic (exact) mass is 367 g/mol. The van der Waals surface area contributed by atoms with Gasteiger partial charge in [-0.25, -0.2) is 18.7 Å². The number of hydrogen-bond acceptors (Lipinski definition) is 6. The maximum atomic E-state index is 14.0. The molecular weight excluding hydrogens is 354 g/mol. The number of nitrogens with zero attached hydrogens (tertiary/aromatic N) is 4. The summed E-state index contributed by atoms with van der Waals surface area (Å²) >= 11 is 0. The molecule has 0 bridgehead atoms. The van der Waals surface area contributed by atoms with Gasteiger partial charge in [-0.3, -0.25) is 0 Å². The number of halogens is 4. The van der Waals surface area contributed by atoms with E-state index in [1.165, 1.54) is 18.5 Å². The molecule has 0 unspecified atom stereocenters. The molecule has 26 heavy (non-hydrogen) atoms. The first-order valence-corrected chi connectivity index (χ1v) is 7.44. The Balaban J connectivity index is 1.82. The van der Waals surface area contributed by atoms with Crippen LogP contribution in [0.4, 0.5) is 23.5 Å². The van der Waals surface area contributed by atoms with Gasteiger partial charge in [0.15, 0.2) is 0 Å². The number of aromatic nitrogens is 4. The third kappa shape index (κ3) is 3.48. The molecule has 3 rings (SSSR count). The van der Waals surface area contributed by atoms with Crippen molar-refractivity contribution in [2.45, 2.75) is 25.8 Å². The molecule has 0 spiro atoms. The summed E-state index contributed by atoms with van der Waals surface area (Å²) in [5.74, 6) is -2.30. The van der Waals surface area contributed by atoms with Crippen LogP contribution >= 0.6 is 0 Å². The van der Waals surface area contributed by atoms with Gasteiger partial charge in [-0.2, -0.15) is 8.78 Å². The van der Waals surface area contributed by atoms with E-state index in [1.54, 1.807) is 13.8 Å². The van der Waals surface area contributed by atoms with E-state index < -0.39 is 29.5 Å². The minimum Gasteiger partial charge on any atom is -0.415 e. The summed E-state index contributed by atoms with van der Waals surface area (Å²) in [5, 5.41) is 9.53. The second-order valence-corrected chi connectivity index (χ2v) is 5.89. The molecule has 0 amide bonds. The highest BCUT2D eigenvalue weighted by molar-refractivity contribution is 5.51. The SMILES string of the molecule is CC(C)(Nc1ncc(-c2nnc(C(F)F)o2)cn1)c1c(F)cccc1F. The number of nitrogens with one attached hydrogen (secondary N) is 1. The average Bonchev–Trinajstić information content (AvgIpc) is 3.05. The second kappa shape index (κ2) is 6.70. The quantitative estimate of drug-likeness (QED) is 0.685. The van der Waals surface area contributed by atoms with Crippen molar-refractivity contribution in [1.82, 2.24) is 20.2 Å². The van der Waals surface area contributed by atoms with E-state index in [0.29, 0.717) is 0 Å². The van der Waals surface area contributed by atoms with Crippen LogP contribution in [0.3, 0.4) is 0 Å². The van der Waals surface area contributed by atoms with Crippen molar-refractivity contribution in [2.75, 3.05) is 5.32 Å². The lowest BCUT2D eigenvalue weighted by Crippen LogP contribution is -2.31. The van der Waals surface area contributed by atoms with Gasteiger partial charge in [0.1, 0.15) is 11.6 Å². The Morgan fingerprint density at radius 2 is 1.65 bits per heavy atom. The predicted molar refractivity (Wildman–Crippen MR) is 83.3 cm³/mol. The summed E-state index contributed by atoms with van der Waals surface area (Å²) in [5.41, 5.74) is -1.08. The molecule has 0 aliphatic heterocycles. The van der Waals surface area contributed by atoms with Crippen LogP contribution < -0.4 is 5.32 Å². The molecular formula is C16H13F4N5O. The van der Waals surface area contributed by atoms with E-state index in [0.717, 1.165) is 12.1 Å². The van der Waals surface area contributed by atoms with Gasteiger partial charge in [0.2, 0.25) is 5.95 Å². The van der Waals surface area contributed by atoms with Gasteiger partial charge in [0, 0.05) is 18.0 Å². The minimum absolute atomic E-state index is 0.0787. The van der Waals surface area contributed by atoms with Crippen molar-refractivity contribution >= 4 is 5.95 Å². The zero-order valence-electron chi connectivity index (χ0n) is 13.7. The van der Waals surface area contributed by atoms with Gasteiger partial charge < -0.3 is 9.73 Å². The highest BCUT2D eigenvalue weighted by Crippen LogP contribution is 2.29. The number of anilines is 1. The summed E-state index contributed by atoms with van der Waals surface area (Å²) in [6.45, 7) is 3.14. The fourth-order valence-corrected chi connectivity index (χ4v) is 2.38. The minimum atomic E-state index is -2.88. The molecule has 0 saturated heterocycles. The fourth-order valence-electron chi connectivity index (χ4n) is 2.38. The van der Waals surface area contributed by atoms with E-state index in [2.05, 4.69) is 25.5 Å². The van der Waals surface area contributed by atoms with Crippen molar-refractivity contribution in [3.63, 3.8) is 0 Å². The molecule has 3 aromatic rings. The van der Waals surface area contributed by atoms with E-state index in [-0.39, 0.29) is 23.0 Å². The third-order valence-corrected chi connectivity index (χ3v) is 3.54. The predicted octanol–water partition coefficient (Wildman–Crippen LogP) is 4.09. The molecule has 10 heteroatoms. The molecule has 0 aliphatic rings. The Labute approximate surface area is 145 Å². The third-order valence-electron chi connectivity index (χ3n) is 3.54. The summed E-state index contributed by atoms with van der Waals surface area (Å²) in [6.07, 6.45) is -0.341. The van der Waals surface area contributed by atoms with Gasteiger partial charge >= 0.3 is 6.43 Å². The first-order valence-electron chi connectivity index (χ1n) is 7.44. The van der Waals surface area contributed by atoms with Gasteiger partial charge in [-0.05, 0) is 26.0 Å². The van der Waals surface area contributed by atoms with Crippen LogP contribution in [0.25, 0.3) is 11.5 Å². The summed E-state index contributed by atoms with van der Waals surface area (Å²) in [7, 11) is 0. The van der Waals surface area contributed by atoms with E-state index >= 15 is 0 Å². The largest absolute Gasteiger partial charge is 0.415 e. The summed E-state index contributed by atoms with van der Waals surface area (Å²) in [6, 6.07) is 3.58. The van der Waals surface area contributed by atoms with Crippen molar-refractivity contribution in [3.8, 4) is 11.5 Å². The van der Waals surface area contributed by atoms with Crippen LogP contribution in [0.15, 0.2) is 35.0 Å².